The number of methoxy groups -OCH3 is 1. The first-order chi connectivity index (χ1) is 13.7. The van der Waals surface area contributed by atoms with Gasteiger partial charge in [0.05, 0.1) is 25.2 Å². The number of benzene rings is 2. The number of aromatic amines is 1. The van der Waals surface area contributed by atoms with Crippen LogP contribution in [0.4, 0.5) is 11.4 Å². The van der Waals surface area contributed by atoms with Crippen molar-refractivity contribution in [2.45, 2.75) is 0 Å². The topological polar surface area (TPSA) is 103 Å². The molecule has 0 atom stereocenters. The monoisotopic (exact) mass is 371 g/mol. The molecule has 0 aliphatic heterocycles. The fourth-order valence-corrected chi connectivity index (χ4v) is 2.44. The lowest BCUT2D eigenvalue weighted by molar-refractivity contribution is 0.415. The van der Waals surface area contributed by atoms with Crippen LogP contribution >= 0.6 is 0 Å². The summed E-state index contributed by atoms with van der Waals surface area (Å²) in [5, 5.41) is 20.5. The molecule has 0 unspecified atom stereocenters. The second-order valence-electron chi connectivity index (χ2n) is 5.69. The van der Waals surface area contributed by atoms with Gasteiger partial charge >= 0.3 is 0 Å². The number of para-hydroxylation sites is 1. The maximum absolute atomic E-state index is 12.0. The summed E-state index contributed by atoms with van der Waals surface area (Å²) in [5.74, 6) is 0.759. The predicted octanol–water partition coefficient (Wildman–Crippen LogP) is 3.45. The van der Waals surface area contributed by atoms with Gasteiger partial charge in [-0.05, 0) is 42.0 Å². The number of hydrogen-bond donors (Lipinski definition) is 2. The van der Waals surface area contributed by atoms with Gasteiger partial charge in [0.15, 0.2) is 0 Å². The van der Waals surface area contributed by atoms with Crippen molar-refractivity contribution in [3.05, 3.63) is 87.8 Å². The molecule has 0 saturated heterocycles. The number of nitriles is 1. The fourth-order valence-electron chi connectivity index (χ4n) is 2.44. The molecule has 3 aromatic rings. The lowest BCUT2D eigenvalue weighted by Gasteiger charge is -2.10. The number of pyridine rings is 1. The summed E-state index contributed by atoms with van der Waals surface area (Å²) >= 11 is 0. The largest absolute Gasteiger partial charge is 0.497 e. The van der Waals surface area contributed by atoms with Crippen LogP contribution in [0.2, 0.25) is 0 Å². The molecule has 0 fully saturated rings. The van der Waals surface area contributed by atoms with Crippen LogP contribution in [-0.4, -0.2) is 24.5 Å². The van der Waals surface area contributed by atoms with Gasteiger partial charge in [-0.15, -0.1) is 0 Å². The SMILES string of the molecule is COc1ccc(/C=N/N=C/c2c[nH]c(=O)c(C#N)c2Nc2ccccc2)cc1. The third-order valence-corrected chi connectivity index (χ3v) is 3.87. The van der Waals surface area contributed by atoms with Gasteiger partial charge in [-0.1, -0.05) is 18.2 Å². The molecule has 0 bridgehead atoms. The Morgan fingerprint density at radius 1 is 1.07 bits per heavy atom. The molecule has 138 valence electrons. The number of aromatic nitrogens is 1. The highest BCUT2D eigenvalue weighted by molar-refractivity contribution is 5.91. The van der Waals surface area contributed by atoms with Crippen LogP contribution in [0.1, 0.15) is 16.7 Å². The van der Waals surface area contributed by atoms with E-state index >= 15 is 0 Å². The molecule has 3 rings (SSSR count). The Morgan fingerprint density at radius 3 is 2.46 bits per heavy atom. The Bertz CT molecular complexity index is 1090. The second-order valence-corrected chi connectivity index (χ2v) is 5.69. The molecule has 0 spiro atoms. The number of H-pyrrole nitrogens is 1. The lowest BCUT2D eigenvalue weighted by Crippen LogP contribution is -2.14. The van der Waals surface area contributed by atoms with Crippen molar-refractivity contribution in [1.29, 1.82) is 5.26 Å². The summed E-state index contributed by atoms with van der Waals surface area (Å²) in [5.41, 5.74) is 2.03. The van der Waals surface area contributed by atoms with E-state index in [2.05, 4.69) is 20.5 Å². The Labute approximate surface area is 161 Å². The standard InChI is InChI=1S/C21H17N5O2/c1-28-18-9-7-15(8-10-18)12-24-25-14-16-13-23-21(27)19(11-22)20(16)26-17-5-3-2-4-6-17/h2-10,12-14H,1H3,(H2,23,26,27)/b24-12+,25-14+. The minimum atomic E-state index is -0.472. The molecule has 28 heavy (non-hydrogen) atoms. The normalized spacial score (nSPS) is 10.9. The average Bonchev–Trinajstić information content (AvgIpc) is 2.74. The van der Waals surface area contributed by atoms with Crippen LogP contribution in [0, 0.1) is 11.3 Å². The molecule has 0 aliphatic carbocycles. The van der Waals surface area contributed by atoms with Crippen molar-refractivity contribution in [2.24, 2.45) is 10.2 Å². The third kappa shape index (κ3) is 4.51. The van der Waals surface area contributed by atoms with Gasteiger partial charge in [0.2, 0.25) is 0 Å². The zero-order valence-corrected chi connectivity index (χ0v) is 15.1. The number of rotatable bonds is 6. The van der Waals surface area contributed by atoms with E-state index in [0.717, 1.165) is 17.0 Å². The van der Waals surface area contributed by atoms with Crippen molar-refractivity contribution in [3.63, 3.8) is 0 Å². The Hall–Kier alpha value is -4.18. The smallest absolute Gasteiger partial charge is 0.268 e. The molecule has 7 nitrogen and oxygen atoms in total. The molecule has 2 N–H and O–H groups in total. The molecule has 0 aliphatic rings. The van der Waals surface area contributed by atoms with E-state index in [4.69, 9.17) is 4.74 Å². The summed E-state index contributed by atoms with van der Waals surface area (Å²) in [4.78, 5) is 14.5. The van der Waals surface area contributed by atoms with Crippen molar-refractivity contribution in [2.75, 3.05) is 12.4 Å². The molecule has 1 aromatic heterocycles. The van der Waals surface area contributed by atoms with Gasteiger partial charge in [-0.25, -0.2) is 0 Å². The highest BCUT2D eigenvalue weighted by atomic mass is 16.5. The average molecular weight is 371 g/mol. The summed E-state index contributed by atoms with van der Waals surface area (Å²) in [7, 11) is 1.61. The minimum Gasteiger partial charge on any atom is -0.497 e. The maximum atomic E-state index is 12.0. The lowest BCUT2D eigenvalue weighted by atomic mass is 10.1. The number of anilines is 2. The van der Waals surface area contributed by atoms with Gasteiger partial charge in [-0.3, -0.25) is 4.79 Å². The summed E-state index contributed by atoms with van der Waals surface area (Å²) in [6.45, 7) is 0. The molecule has 1 heterocycles. The Balaban J connectivity index is 1.86. The van der Waals surface area contributed by atoms with Crippen LogP contribution < -0.4 is 15.6 Å². The summed E-state index contributed by atoms with van der Waals surface area (Å²) in [6, 6.07) is 18.6. The van der Waals surface area contributed by atoms with E-state index in [-0.39, 0.29) is 5.56 Å². The molecule has 2 aromatic carbocycles. The molecular formula is C21H17N5O2. The fraction of sp³-hybridized carbons (Fsp3) is 0.0476. The van der Waals surface area contributed by atoms with E-state index in [0.29, 0.717) is 11.3 Å². The van der Waals surface area contributed by atoms with Crippen LogP contribution in [0.25, 0.3) is 0 Å². The van der Waals surface area contributed by atoms with E-state index in [1.165, 1.54) is 12.4 Å². The van der Waals surface area contributed by atoms with Crippen molar-refractivity contribution in [1.82, 2.24) is 4.98 Å². The zero-order valence-electron chi connectivity index (χ0n) is 15.1. The zero-order chi connectivity index (χ0) is 19.8. The first kappa shape index (κ1) is 18.6. The van der Waals surface area contributed by atoms with Crippen LogP contribution in [-0.2, 0) is 0 Å². The van der Waals surface area contributed by atoms with E-state index in [1.807, 2.05) is 60.7 Å². The van der Waals surface area contributed by atoms with Crippen molar-refractivity contribution in [3.8, 4) is 11.8 Å². The number of ether oxygens (including phenoxy) is 1. The molecule has 0 amide bonds. The van der Waals surface area contributed by atoms with Crippen LogP contribution in [0.3, 0.4) is 0 Å². The van der Waals surface area contributed by atoms with Gasteiger partial charge in [0.25, 0.3) is 5.56 Å². The maximum Gasteiger partial charge on any atom is 0.268 e. The molecular weight excluding hydrogens is 354 g/mol. The van der Waals surface area contributed by atoms with Crippen LogP contribution in [0.5, 0.6) is 5.75 Å². The van der Waals surface area contributed by atoms with Crippen molar-refractivity contribution < 1.29 is 4.74 Å². The second kappa shape index (κ2) is 8.96. The minimum absolute atomic E-state index is 0.0214. The predicted molar refractivity (Wildman–Crippen MR) is 110 cm³/mol. The molecule has 7 heteroatoms. The highest BCUT2D eigenvalue weighted by Crippen LogP contribution is 2.21. The highest BCUT2D eigenvalue weighted by Gasteiger charge is 2.11. The first-order valence-corrected chi connectivity index (χ1v) is 8.39. The van der Waals surface area contributed by atoms with Gasteiger partial charge in [0.1, 0.15) is 17.4 Å². The van der Waals surface area contributed by atoms with E-state index < -0.39 is 5.56 Å². The number of hydrogen-bond acceptors (Lipinski definition) is 6. The summed E-state index contributed by atoms with van der Waals surface area (Å²) < 4.78 is 5.11. The quantitative estimate of drug-likeness (QED) is 0.512. The Kier molecular flexibility index (Phi) is 5.95. The number of nitrogens with one attached hydrogen (secondary N) is 2. The Morgan fingerprint density at radius 2 is 1.79 bits per heavy atom. The van der Waals surface area contributed by atoms with E-state index in [9.17, 15) is 10.1 Å². The van der Waals surface area contributed by atoms with E-state index in [1.54, 1.807) is 13.3 Å². The van der Waals surface area contributed by atoms with Crippen LogP contribution in [0.15, 0.2) is 75.8 Å². The van der Waals surface area contributed by atoms with Gasteiger partial charge in [-0.2, -0.15) is 15.5 Å². The third-order valence-electron chi connectivity index (χ3n) is 3.87. The van der Waals surface area contributed by atoms with Gasteiger partial charge < -0.3 is 15.0 Å². The molecule has 0 radical (unpaired) electrons. The molecule has 0 saturated carbocycles. The number of nitrogens with zero attached hydrogens (tertiary/aromatic N) is 3. The summed E-state index contributed by atoms with van der Waals surface area (Å²) in [6.07, 6.45) is 4.56. The van der Waals surface area contributed by atoms with Crippen molar-refractivity contribution >= 4 is 23.8 Å². The van der Waals surface area contributed by atoms with Gasteiger partial charge in [0, 0.05) is 17.4 Å². The first-order valence-electron chi connectivity index (χ1n) is 8.39.